The molecule has 4 unspecified atom stereocenters. The molecule has 1 saturated heterocycles. The van der Waals surface area contributed by atoms with Crippen LogP contribution in [0.1, 0.15) is 44.6 Å². The number of nitrogens with one attached hydrogen (secondary N) is 2. The highest BCUT2D eigenvalue weighted by atomic mass is 16.5. The summed E-state index contributed by atoms with van der Waals surface area (Å²) in [6.45, 7) is 3.06. The third kappa shape index (κ3) is 2.81. The second-order valence-corrected chi connectivity index (χ2v) is 8.41. The van der Waals surface area contributed by atoms with Gasteiger partial charge in [-0.15, -0.1) is 0 Å². The van der Waals surface area contributed by atoms with Crippen molar-refractivity contribution in [2.45, 2.75) is 56.8 Å². The third-order valence-corrected chi connectivity index (χ3v) is 6.73. The number of aliphatic imine (C=N–C) groups is 1. The molecule has 7 heteroatoms. The number of rotatable bonds is 4. The van der Waals surface area contributed by atoms with Gasteiger partial charge in [-0.25, -0.2) is 0 Å². The molecule has 1 aromatic rings. The molecular formula is C19H31N5O2. The molecule has 144 valence electrons. The van der Waals surface area contributed by atoms with E-state index in [0.29, 0.717) is 24.6 Å². The Bertz CT molecular complexity index is 677. The van der Waals surface area contributed by atoms with E-state index in [9.17, 15) is 5.11 Å². The third-order valence-electron chi connectivity index (χ3n) is 6.73. The average molecular weight is 361 g/mol. The topological polar surface area (TPSA) is 83.7 Å². The Morgan fingerprint density at radius 3 is 2.92 bits per heavy atom. The Labute approximate surface area is 155 Å². The first-order valence-electron chi connectivity index (χ1n) is 9.76. The van der Waals surface area contributed by atoms with Gasteiger partial charge in [-0.3, -0.25) is 9.67 Å². The fourth-order valence-corrected chi connectivity index (χ4v) is 5.30. The Hall–Kier alpha value is -1.60. The van der Waals surface area contributed by atoms with E-state index >= 15 is 0 Å². The molecule has 7 nitrogen and oxygen atoms in total. The van der Waals surface area contributed by atoms with Crippen LogP contribution < -0.4 is 10.6 Å². The summed E-state index contributed by atoms with van der Waals surface area (Å²) < 4.78 is 7.76. The SMILES string of the molecule is CN=C(NCC(C)(O)c1cnn(C)c1)NC1C2CCOC2C12CCCC2. The fraction of sp³-hybridized carbons (Fsp3) is 0.789. The highest BCUT2D eigenvalue weighted by molar-refractivity contribution is 5.80. The molecule has 3 N–H and O–H groups in total. The maximum Gasteiger partial charge on any atom is 0.191 e. The minimum atomic E-state index is -1.00. The Morgan fingerprint density at radius 2 is 2.27 bits per heavy atom. The number of aliphatic hydroxyl groups is 1. The lowest BCUT2D eigenvalue weighted by Gasteiger charge is -2.57. The first-order valence-corrected chi connectivity index (χ1v) is 9.76. The standard InChI is InChI=1S/C19H31N5O2/c1-18(25,13-10-22-24(3)11-13)12-21-17(20-2)23-15-14-6-9-26-16(14)19(15)7-4-5-8-19/h10-11,14-16,25H,4-9,12H2,1-3H3,(H2,20,21,23). The van der Waals surface area contributed by atoms with Crippen molar-refractivity contribution in [1.82, 2.24) is 20.4 Å². The molecule has 3 aliphatic rings. The molecule has 0 aromatic carbocycles. The van der Waals surface area contributed by atoms with Crippen molar-refractivity contribution >= 4 is 5.96 Å². The molecule has 2 aliphatic carbocycles. The summed E-state index contributed by atoms with van der Waals surface area (Å²) >= 11 is 0. The number of nitrogens with zero attached hydrogens (tertiary/aromatic N) is 3. The van der Waals surface area contributed by atoms with Gasteiger partial charge in [0.05, 0.1) is 18.8 Å². The van der Waals surface area contributed by atoms with Crippen LogP contribution in [0, 0.1) is 11.3 Å². The summed E-state index contributed by atoms with van der Waals surface area (Å²) in [5.74, 6) is 1.35. The van der Waals surface area contributed by atoms with Crippen LogP contribution in [-0.4, -0.2) is 53.2 Å². The number of fused-ring (bicyclic) bond motifs is 2. The highest BCUT2D eigenvalue weighted by Gasteiger charge is 2.65. The van der Waals surface area contributed by atoms with Crippen LogP contribution in [0.15, 0.2) is 17.4 Å². The van der Waals surface area contributed by atoms with Gasteiger partial charge in [0.1, 0.15) is 5.60 Å². The summed E-state index contributed by atoms with van der Waals surface area (Å²) in [4.78, 5) is 4.40. The van der Waals surface area contributed by atoms with Crippen molar-refractivity contribution in [3.05, 3.63) is 18.0 Å². The predicted octanol–water partition coefficient (Wildman–Crippen LogP) is 1.14. The maximum atomic E-state index is 10.8. The molecular weight excluding hydrogens is 330 g/mol. The molecule has 3 fully saturated rings. The van der Waals surface area contributed by atoms with E-state index in [2.05, 4.69) is 20.7 Å². The molecule has 0 amide bonds. The average Bonchev–Trinajstić information content (AvgIpc) is 3.34. The van der Waals surface area contributed by atoms with E-state index in [4.69, 9.17) is 4.74 Å². The van der Waals surface area contributed by atoms with E-state index in [0.717, 1.165) is 24.6 Å². The maximum absolute atomic E-state index is 10.8. The van der Waals surface area contributed by atoms with Gasteiger partial charge in [-0.1, -0.05) is 12.8 Å². The van der Waals surface area contributed by atoms with Gasteiger partial charge in [0, 0.05) is 49.8 Å². The summed E-state index contributed by atoms with van der Waals surface area (Å²) in [6, 6.07) is 0.423. The lowest BCUT2D eigenvalue weighted by Crippen LogP contribution is -2.69. The summed E-state index contributed by atoms with van der Waals surface area (Å²) in [5, 5.41) is 21.9. The van der Waals surface area contributed by atoms with Gasteiger partial charge in [0.25, 0.3) is 0 Å². The van der Waals surface area contributed by atoms with Gasteiger partial charge >= 0.3 is 0 Å². The molecule has 4 rings (SSSR count). The number of aromatic nitrogens is 2. The Balaban J connectivity index is 1.40. The largest absolute Gasteiger partial charge is 0.383 e. The van der Waals surface area contributed by atoms with E-state index in [1.165, 1.54) is 25.7 Å². The van der Waals surface area contributed by atoms with Crippen LogP contribution in [0.4, 0.5) is 0 Å². The second kappa shape index (κ2) is 6.53. The second-order valence-electron chi connectivity index (χ2n) is 8.41. The minimum Gasteiger partial charge on any atom is -0.383 e. The summed E-state index contributed by atoms with van der Waals surface area (Å²) in [6.07, 6.45) is 10.2. The number of guanidine groups is 1. The van der Waals surface area contributed by atoms with Gasteiger partial charge in [0.2, 0.25) is 0 Å². The van der Waals surface area contributed by atoms with Gasteiger partial charge in [0.15, 0.2) is 5.96 Å². The molecule has 2 saturated carbocycles. The molecule has 0 radical (unpaired) electrons. The number of aryl methyl sites for hydroxylation is 1. The predicted molar refractivity (Wildman–Crippen MR) is 99.8 cm³/mol. The van der Waals surface area contributed by atoms with Crippen LogP contribution in [0.3, 0.4) is 0 Å². The van der Waals surface area contributed by atoms with E-state index in [1.54, 1.807) is 24.9 Å². The zero-order valence-corrected chi connectivity index (χ0v) is 16.0. The van der Waals surface area contributed by atoms with Gasteiger partial charge in [-0.05, 0) is 26.2 Å². The molecule has 0 bridgehead atoms. The molecule has 2 heterocycles. The number of hydrogen-bond acceptors (Lipinski definition) is 4. The van der Waals surface area contributed by atoms with Crippen LogP contribution in [-0.2, 0) is 17.4 Å². The van der Waals surface area contributed by atoms with Crippen molar-refractivity contribution in [2.75, 3.05) is 20.2 Å². The van der Waals surface area contributed by atoms with Gasteiger partial charge in [-0.2, -0.15) is 5.10 Å². The van der Waals surface area contributed by atoms with Crippen molar-refractivity contribution < 1.29 is 9.84 Å². The summed E-state index contributed by atoms with van der Waals surface area (Å²) in [7, 11) is 3.64. The lowest BCUT2D eigenvalue weighted by molar-refractivity contribution is -0.125. The minimum absolute atomic E-state index is 0.282. The zero-order chi connectivity index (χ0) is 18.4. The van der Waals surface area contributed by atoms with Crippen molar-refractivity contribution in [3.63, 3.8) is 0 Å². The van der Waals surface area contributed by atoms with E-state index in [1.807, 2.05) is 13.2 Å². The van der Waals surface area contributed by atoms with Gasteiger partial charge < -0.3 is 20.5 Å². The Morgan fingerprint density at radius 1 is 1.50 bits per heavy atom. The summed E-state index contributed by atoms with van der Waals surface area (Å²) in [5.41, 5.74) is 0.0725. The normalized spacial score (nSPS) is 32.2. The van der Waals surface area contributed by atoms with E-state index < -0.39 is 5.60 Å². The number of hydrogen-bond donors (Lipinski definition) is 3. The molecule has 26 heavy (non-hydrogen) atoms. The molecule has 4 atom stereocenters. The quantitative estimate of drug-likeness (QED) is 0.553. The molecule has 1 aromatic heterocycles. The first-order chi connectivity index (χ1) is 12.5. The van der Waals surface area contributed by atoms with E-state index in [-0.39, 0.29) is 5.41 Å². The van der Waals surface area contributed by atoms with Crippen molar-refractivity contribution in [3.8, 4) is 0 Å². The fourth-order valence-electron chi connectivity index (χ4n) is 5.30. The monoisotopic (exact) mass is 361 g/mol. The molecule has 1 aliphatic heterocycles. The highest BCUT2D eigenvalue weighted by Crippen LogP contribution is 2.60. The van der Waals surface area contributed by atoms with Crippen LogP contribution in [0.25, 0.3) is 0 Å². The first kappa shape index (κ1) is 17.8. The number of ether oxygens (including phenoxy) is 1. The molecule has 1 spiro atoms. The van der Waals surface area contributed by atoms with Crippen LogP contribution in [0.5, 0.6) is 0 Å². The smallest absolute Gasteiger partial charge is 0.191 e. The van der Waals surface area contributed by atoms with Crippen molar-refractivity contribution in [2.24, 2.45) is 23.4 Å². The van der Waals surface area contributed by atoms with Crippen molar-refractivity contribution in [1.29, 1.82) is 0 Å². The Kier molecular flexibility index (Phi) is 4.47. The van der Waals surface area contributed by atoms with Crippen LogP contribution >= 0.6 is 0 Å². The zero-order valence-electron chi connectivity index (χ0n) is 16.0. The lowest BCUT2D eigenvalue weighted by atomic mass is 9.54. The van der Waals surface area contributed by atoms with Crippen LogP contribution in [0.2, 0.25) is 0 Å².